The van der Waals surface area contributed by atoms with Crippen molar-refractivity contribution in [3.8, 4) is 0 Å². The number of carbonyl (C=O) groups is 3. The molecule has 3 N–H and O–H groups in total. The molecule has 2 aliphatic rings. The summed E-state index contributed by atoms with van der Waals surface area (Å²) in [6.45, 7) is 0.423. The van der Waals surface area contributed by atoms with Crippen LogP contribution in [-0.2, 0) is 9.59 Å². The first kappa shape index (κ1) is 8.98. The highest BCUT2D eigenvalue weighted by Gasteiger charge is 2.46. The molecule has 4 amide bonds. The third-order valence-electron chi connectivity index (χ3n) is 2.67. The van der Waals surface area contributed by atoms with E-state index in [-0.39, 0.29) is 18.2 Å². The average molecular weight is 197 g/mol. The molecule has 2 heterocycles. The van der Waals surface area contributed by atoms with Crippen molar-refractivity contribution < 1.29 is 14.4 Å². The van der Waals surface area contributed by atoms with Crippen molar-refractivity contribution >= 4 is 17.8 Å². The number of amides is 4. The number of imide groups is 1. The van der Waals surface area contributed by atoms with Gasteiger partial charge < -0.3 is 10.6 Å². The first-order chi connectivity index (χ1) is 6.62. The third kappa shape index (κ3) is 1.32. The molecule has 0 aromatic heterocycles. The minimum absolute atomic E-state index is 0.0733. The number of hydrogen-bond donors (Lipinski definition) is 3. The van der Waals surface area contributed by atoms with E-state index in [1.165, 1.54) is 0 Å². The summed E-state index contributed by atoms with van der Waals surface area (Å²) >= 11 is 0. The van der Waals surface area contributed by atoms with Gasteiger partial charge in [0.1, 0.15) is 5.54 Å². The molecule has 0 aromatic carbocycles. The number of hydrogen-bond acceptors (Lipinski definition) is 3. The van der Waals surface area contributed by atoms with Crippen LogP contribution in [-0.4, -0.2) is 29.9 Å². The molecule has 2 aliphatic heterocycles. The molecule has 14 heavy (non-hydrogen) atoms. The van der Waals surface area contributed by atoms with E-state index in [0.717, 1.165) is 0 Å². The Hall–Kier alpha value is -1.59. The lowest BCUT2D eigenvalue weighted by Gasteiger charge is -2.22. The van der Waals surface area contributed by atoms with Crippen molar-refractivity contribution in [2.24, 2.45) is 0 Å². The van der Waals surface area contributed by atoms with Gasteiger partial charge in [0.05, 0.1) is 0 Å². The molecule has 76 valence electrons. The molecule has 1 spiro atoms. The van der Waals surface area contributed by atoms with Crippen LogP contribution in [0.4, 0.5) is 4.79 Å². The summed E-state index contributed by atoms with van der Waals surface area (Å²) in [4.78, 5) is 33.5. The zero-order chi connectivity index (χ0) is 10.2. The van der Waals surface area contributed by atoms with Gasteiger partial charge in [-0.25, -0.2) is 4.79 Å². The summed E-state index contributed by atoms with van der Waals surface area (Å²) in [5.41, 5.74) is -0.865. The molecule has 0 aromatic rings. The van der Waals surface area contributed by atoms with E-state index in [1.807, 2.05) is 0 Å². The molecule has 6 heteroatoms. The maximum Gasteiger partial charge on any atom is 0.322 e. The fourth-order valence-electron chi connectivity index (χ4n) is 1.84. The summed E-state index contributed by atoms with van der Waals surface area (Å²) in [6, 6.07) is -0.468. The van der Waals surface area contributed by atoms with Gasteiger partial charge in [-0.3, -0.25) is 14.9 Å². The molecule has 2 saturated heterocycles. The van der Waals surface area contributed by atoms with E-state index in [9.17, 15) is 14.4 Å². The minimum Gasteiger partial charge on any atom is -0.356 e. The monoisotopic (exact) mass is 197 g/mol. The second-order valence-corrected chi connectivity index (χ2v) is 3.59. The normalized spacial score (nSPS) is 32.1. The summed E-state index contributed by atoms with van der Waals surface area (Å²) in [7, 11) is 0. The lowest BCUT2D eigenvalue weighted by Crippen LogP contribution is -2.47. The van der Waals surface area contributed by atoms with Gasteiger partial charge >= 0.3 is 6.03 Å². The molecule has 0 bridgehead atoms. The number of nitrogens with one attached hydrogen (secondary N) is 3. The molecule has 6 nitrogen and oxygen atoms in total. The zero-order valence-electron chi connectivity index (χ0n) is 7.55. The average Bonchev–Trinajstić information content (AvgIpc) is 2.31. The lowest BCUT2D eigenvalue weighted by molar-refractivity contribution is -0.124. The Labute approximate surface area is 80.4 Å². The van der Waals surface area contributed by atoms with Gasteiger partial charge in [-0.05, 0) is 12.8 Å². The van der Waals surface area contributed by atoms with Crippen molar-refractivity contribution in [3.63, 3.8) is 0 Å². The van der Waals surface area contributed by atoms with Crippen LogP contribution in [0.2, 0.25) is 0 Å². The minimum atomic E-state index is -0.865. The Morgan fingerprint density at radius 1 is 1.14 bits per heavy atom. The van der Waals surface area contributed by atoms with Crippen molar-refractivity contribution in [1.82, 2.24) is 16.0 Å². The van der Waals surface area contributed by atoms with E-state index < -0.39 is 11.6 Å². The SMILES string of the molecule is O=C1CC[C@]2(CCN1)NC(=O)NC2=O. The number of urea groups is 1. The Balaban J connectivity index is 2.18. The standard InChI is InChI=1S/C8H11N3O3/c12-5-1-2-8(3-4-9-5)6(13)10-7(14)11-8/h1-4H2,(H,9,12)(H2,10,11,13,14)/t8-/m1/s1. The van der Waals surface area contributed by atoms with Gasteiger partial charge in [-0.1, -0.05) is 0 Å². The molecule has 2 rings (SSSR count). The predicted molar refractivity (Wildman–Crippen MR) is 46.3 cm³/mol. The van der Waals surface area contributed by atoms with Crippen molar-refractivity contribution in [1.29, 1.82) is 0 Å². The molecule has 0 unspecified atom stereocenters. The Kier molecular flexibility index (Phi) is 1.90. The van der Waals surface area contributed by atoms with E-state index in [0.29, 0.717) is 19.4 Å². The highest BCUT2D eigenvalue weighted by molar-refractivity contribution is 6.07. The smallest absolute Gasteiger partial charge is 0.322 e. The van der Waals surface area contributed by atoms with Gasteiger partial charge in [0.2, 0.25) is 5.91 Å². The lowest BCUT2D eigenvalue weighted by atomic mass is 9.91. The summed E-state index contributed by atoms with van der Waals surface area (Å²) in [5.74, 6) is -0.394. The van der Waals surface area contributed by atoms with Gasteiger partial charge in [-0.2, -0.15) is 0 Å². The fourth-order valence-corrected chi connectivity index (χ4v) is 1.84. The summed E-state index contributed by atoms with van der Waals surface area (Å²) in [6.07, 6.45) is 1.10. The van der Waals surface area contributed by atoms with Crippen molar-refractivity contribution in [2.75, 3.05) is 6.54 Å². The second-order valence-electron chi connectivity index (χ2n) is 3.59. The van der Waals surface area contributed by atoms with E-state index >= 15 is 0 Å². The predicted octanol–water partition coefficient (Wildman–Crippen LogP) is -1.14. The van der Waals surface area contributed by atoms with Crippen LogP contribution in [0.3, 0.4) is 0 Å². The number of rotatable bonds is 0. The Morgan fingerprint density at radius 3 is 2.57 bits per heavy atom. The first-order valence-corrected chi connectivity index (χ1v) is 4.53. The summed E-state index contributed by atoms with van der Waals surface area (Å²) < 4.78 is 0. The van der Waals surface area contributed by atoms with Crippen LogP contribution in [0.5, 0.6) is 0 Å². The van der Waals surface area contributed by atoms with Crippen LogP contribution in [0, 0.1) is 0 Å². The van der Waals surface area contributed by atoms with Gasteiger partial charge in [0.15, 0.2) is 0 Å². The zero-order valence-corrected chi connectivity index (χ0v) is 7.55. The second kappa shape index (κ2) is 2.97. The van der Waals surface area contributed by atoms with E-state index in [1.54, 1.807) is 0 Å². The molecule has 1 atom stereocenters. The van der Waals surface area contributed by atoms with Crippen LogP contribution in [0.25, 0.3) is 0 Å². The maximum absolute atomic E-state index is 11.5. The molecule has 0 radical (unpaired) electrons. The summed E-state index contributed by atoms with van der Waals surface area (Å²) in [5, 5.41) is 7.44. The Morgan fingerprint density at radius 2 is 1.93 bits per heavy atom. The van der Waals surface area contributed by atoms with Crippen molar-refractivity contribution in [3.05, 3.63) is 0 Å². The largest absolute Gasteiger partial charge is 0.356 e. The van der Waals surface area contributed by atoms with Crippen LogP contribution in [0.1, 0.15) is 19.3 Å². The van der Waals surface area contributed by atoms with E-state index in [4.69, 9.17) is 0 Å². The van der Waals surface area contributed by atoms with Gasteiger partial charge in [0, 0.05) is 13.0 Å². The number of carbonyl (C=O) groups excluding carboxylic acids is 3. The Bertz CT molecular complexity index is 315. The fraction of sp³-hybridized carbons (Fsp3) is 0.625. The first-order valence-electron chi connectivity index (χ1n) is 4.53. The molecular weight excluding hydrogens is 186 g/mol. The highest BCUT2D eigenvalue weighted by atomic mass is 16.2. The van der Waals surface area contributed by atoms with Crippen molar-refractivity contribution in [2.45, 2.75) is 24.8 Å². The topological polar surface area (TPSA) is 87.3 Å². The van der Waals surface area contributed by atoms with Crippen LogP contribution < -0.4 is 16.0 Å². The quantitative estimate of drug-likeness (QED) is 0.429. The molecular formula is C8H11N3O3. The van der Waals surface area contributed by atoms with Gasteiger partial charge in [-0.15, -0.1) is 0 Å². The maximum atomic E-state index is 11.5. The van der Waals surface area contributed by atoms with Crippen LogP contribution in [0.15, 0.2) is 0 Å². The third-order valence-corrected chi connectivity index (χ3v) is 2.67. The van der Waals surface area contributed by atoms with E-state index in [2.05, 4.69) is 16.0 Å². The van der Waals surface area contributed by atoms with Gasteiger partial charge in [0.25, 0.3) is 5.91 Å². The molecule has 2 fully saturated rings. The van der Waals surface area contributed by atoms with Crippen LogP contribution >= 0.6 is 0 Å². The highest BCUT2D eigenvalue weighted by Crippen LogP contribution is 2.23. The molecule has 0 saturated carbocycles. The molecule has 0 aliphatic carbocycles.